The summed E-state index contributed by atoms with van der Waals surface area (Å²) in [6.07, 6.45) is 1.97. The van der Waals surface area contributed by atoms with E-state index < -0.39 is 0 Å². The van der Waals surface area contributed by atoms with E-state index in [1.54, 1.807) is 11.3 Å². The Morgan fingerprint density at radius 1 is 1.11 bits per heavy atom. The van der Waals surface area contributed by atoms with Crippen LogP contribution >= 0.6 is 11.3 Å². The van der Waals surface area contributed by atoms with Crippen molar-refractivity contribution >= 4 is 16.5 Å². The maximum atomic E-state index is 4.47. The smallest absolute Gasteiger partial charge is 0.185 e. The van der Waals surface area contributed by atoms with E-state index in [1.165, 1.54) is 15.6 Å². The van der Waals surface area contributed by atoms with E-state index in [4.69, 9.17) is 0 Å². The highest BCUT2D eigenvalue weighted by atomic mass is 32.1. The van der Waals surface area contributed by atoms with Gasteiger partial charge in [0.05, 0.1) is 0 Å². The first-order valence-corrected chi connectivity index (χ1v) is 7.56. The summed E-state index contributed by atoms with van der Waals surface area (Å²) in [5.74, 6) is 0. The Bertz CT molecular complexity index is 515. The van der Waals surface area contributed by atoms with E-state index >= 15 is 0 Å². The molecule has 2 aromatic rings. The summed E-state index contributed by atoms with van der Waals surface area (Å²) in [4.78, 5) is 10.7. The number of thiazole rings is 1. The predicted molar refractivity (Wildman–Crippen MR) is 80.8 cm³/mol. The van der Waals surface area contributed by atoms with E-state index in [9.17, 15) is 0 Å². The first-order chi connectivity index (χ1) is 9.31. The molecular formula is C15H19N3S. The molecule has 4 heteroatoms. The lowest BCUT2D eigenvalue weighted by molar-refractivity contribution is 0.250. The van der Waals surface area contributed by atoms with Gasteiger partial charge in [0.15, 0.2) is 5.13 Å². The molecule has 0 unspecified atom stereocenters. The maximum absolute atomic E-state index is 4.47. The van der Waals surface area contributed by atoms with Gasteiger partial charge in [-0.3, -0.25) is 4.90 Å². The minimum Gasteiger partial charge on any atom is -0.346 e. The Kier molecular flexibility index (Phi) is 3.80. The standard InChI is InChI=1S/C15H19N3S/c1-13-11-16-15(19-13)18-9-7-17(8-10-18)12-14-5-3-2-4-6-14/h2-6,11H,7-10,12H2,1H3. The number of nitrogens with zero attached hydrogens (tertiary/aromatic N) is 3. The number of piperazine rings is 1. The molecule has 0 amide bonds. The van der Waals surface area contributed by atoms with E-state index in [2.05, 4.69) is 52.0 Å². The number of anilines is 1. The zero-order valence-corrected chi connectivity index (χ0v) is 12.1. The van der Waals surface area contributed by atoms with Gasteiger partial charge in [-0.2, -0.15) is 0 Å². The molecule has 0 aliphatic carbocycles. The highest BCUT2D eigenvalue weighted by Gasteiger charge is 2.18. The van der Waals surface area contributed by atoms with Crippen molar-refractivity contribution in [1.82, 2.24) is 9.88 Å². The second kappa shape index (κ2) is 5.72. The van der Waals surface area contributed by atoms with Crippen LogP contribution in [0.4, 0.5) is 5.13 Å². The van der Waals surface area contributed by atoms with Crippen LogP contribution in [0.3, 0.4) is 0 Å². The number of benzene rings is 1. The lowest BCUT2D eigenvalue weighted by atomic mass is 10.2. The molecule has 3 nitrogen and oxygen atoms in total. The van der Waals surface area contributed by atoms with E-state index in [-0.39, 0.29) is 0 Å². The summed E-state index contributed by atoms with van der Waals surface area (Å²) >= 11 is 1.80. The van der Waals surface area contributed by atoms with Gasteiger partial charge in [-0.15, -0.1) is 11.3 Å². The third-order valence-electron chi connectivity index (χ3n) is 3.50. The third kappa shape index (κ3) is 3.14. The number of aryl methyl sites for hydroxylation is 1. The molecule has 0 N–H and O–H groups in total. The molecule has 100 valence electrons. The Morgan fingerprint density at radius 3 is 2.47 bits per heavy atom. The van der Waals surface area contributed by atoms with Gasteiger partial charge in [0.2, 0.25) is 0 Å². The van der Waals surface area contributed by atoms with Crippen molar-refractivity contribution in [3.63, 3.8) is 0 Å². The quantitative estimate of drug-likeness (QED) is 0.857. The van der Waals surface area contributed by atoms with Gasteiger partial charge in [0, 0.05) is 43.8 Å². The topological polar surface area (TPSA) is 19.4 Å². The Morgan fingerprint density at radius 2 is 1.84 bits per heavy atom. The zero-order valence-electron chi connectivity index (χ0n) is 11.2. The second-order valence-corrected chi connectivity index (χ2v) is 6.22. The van der Waals surface area contributed by atoms with Crippen LogP contribution < -0.4 is 4.90 Å². The summed E-state index contributed by atoms with van der Waals surface area (Å²) in [7, 11) is 0. The molecular weight excluding hydrogens is 254 g/mol. The van der Waals surface area contributed by atoms with Crippen LogP contribution in [0, 0.1) is 6.92 Å². The Labute approximate surface area is 118 Å². The molecule has 1 aromatic carbocycles. The average molecular weight is 273 g/mol. The first kappa shape index (κ1) is 12.6. The molecule has 0 atom stereocenters. The molecule has 0 saturated carbocycles. The minimum atomic E-state index is 1.06. The fourth-order valence-corrected chi connectivity index (χ4v) is 3.24. The molecule has 3 rings (SSSR count). The van der Waals surface area contributed by atoms with Gasteiger partial charge < -0.3 is 4.90 Å². The van der Waals surface area contributed by atoms with Crippen LogP contribution in [0.2, 0.25) is 0 Å². The van der Waals surface area contributed by atoms with Crippen LogP contribution in [0.1, 0.15) is 10.4 Å². The average Bonchev–Trinajstić information content (AvgIpc) is 2.87. The van der Waals surface area contributed by atoms with Crippen molar-refractivity contribution in [3.8, 4) is 0 Å². The van der Waals surface area contributed by atoms with Crippen molar-refractivity contribution < 1.29 is 0 Å². The van der Waals surface area contributed by atoms with Crippen LogP contribution in [0.5, 0.6) is 0 Å². The second-order valence-electron chi connectivity index (χ2n) is 5.00. The molecule has 1 aliphatic heterocycles. The molecule has 1 saturated heterocycles. The third-order valence-corrected chi connectivity index (χ3v) is 4.47. The van der Waals surface area contributed by atoms with Gasteiger partial charge in [0.1, 0.15) is 0 Å². The summed E-state index contributed by atoms with van der Waals surface area (Å²) in [5, 5.41) is 1.18. The SMILES string of the molecule is Cc1cnc(N2CCN(Cc3ccccc3)CC2)s1. The normalized spacial score (nSPS) is 16.8. The van der Waals surface area contributed by atoms with Crippen molar-refractivity contribution in [2.75, 3.05) is 31.1 Å². The molecule has 0 bridgehead atoms. The predicted octanol–water partition coefficient (Wildman–Crippen LogP) is 2.77. The van der Waals surface area contributed by atoms with Crippen molar-refractivity contribution in [1.29, 1.82) is 0 Å². The molecule has 1 aliphatic rings. The van der Waals surface area contributed by atoms with E-state index in [0.29, 0.717) is 0 Å². The lowest BCUT2D eigenvalue weighted by Gasteiger charge is -2.34. The van der Waals surface area contributed by atoms with Gasteiger partial charge >= 0.3 is 0 Å². The van der Waals surface area contributed by atoms with Crippen LogP contribution in [-0.2, 0) is 6.54 Å². The number of aromatic nitrogens is 1. The highest BCUT2D eigenvalue weighted by molar-refractivity contribution is 7.15. The fraction of sp³-hybridized carbons (Fsp3) is 0.400. The van der Waals surface area contributed by atoms with E-state index in [1.807, 2.05) is 6.20 Å². The van der Waals surface area contributed by atoms with Crippen LogP contribution in [-0.4, -0.2) is 36.1 Å². The maximum Gasteiger partial charge on any atom is 0.185 e. The highest BCUT2D eigenvalue weighted by Crippen LogP contribution is 2.23. The summed E-state index contributed by atoms with van der Waals surface area (Å²) < 4.78 is 0. The first-order valence-electron chi connectivity index (χ1n) is 6.75. The van der Waals surface area contributed by atoms with Gasteiger partial charge in [0.25, 0.3) is 0 Å². The molecule has 2 heterocycles. The number of hydrogen-bond acceptors (Lipinski definition) is 4. The van der Waals surface area contributed by atoms with E-state index in [0.717, 1.165) is 32.7 Å². The zero-order chi connectivity index (χ0) is 13.1. The molecule has 0 radical (unpaired) electrons. The summed E-state index contributed by atoms with van der Waals surface area (Å²) in [6.45, 7) is 7.58. The van der Waals surface area contributed by atoms with Crippen molar-refractivity contribution in [2.45, 2.75) is 13.5 Å². The Balaban J connectivity index is 1.55. The van der Waals surface area contributed by atoms with Crippen molar-refractivity contribution in [2.24, 2.45) is 0 Å². The lowest BCUT2D eigenvalue weighted by Crippen LogP contribution is -2.45. The van der Waals surface area contributed by atoms with Gasteiger partial charge in [-0.05, 0) is 12.5 Å². The fourth-order valence-electron chi connectivity index (χ4n) is 2.43. The largest absolute Gasteiger partial charge is 0.346 e. The number of rotatable bonds is 3. The van der Waals surface area contributed by atoms with Gasteiger partial charge in [-0.1, -0.05) is 30.3 Å². The molecule has 1 fully saturated rings. The molecule has 19 heavy (non-hydrogen) atoms. The van der Waals surface area contributed by atoms with Crippen molar-refractivity contribution in [3.05, 3.63) is 47.0 Å². The molecule has 1 aromatic heterocycles. The molecule has 0 spiro atoms. The summed E-state index contributed by atoms with van der Waals surface area (Å²) in [6, 6.07) is 10.7. The minimum absolute atomic E-state index is 1.06. The number of hydrogen-bond donors (Lipinski definition) is 0. The monoisotopic (exact) mass is 273 g/mol. The van der Waals surface area contributed by atoms with Crippen LogP contribution in [0.25, 0.3) is 0 Å². The summed E-state index contributed by atoms with van der Waals surface area (Å²) in [5.41, 5.74) is 1.40. The Hall–Kier alpha value is -1.39. The van der Waals surface area contributed by atoms with Crippen LogP contribution in [0.15, 0.2) is 36.5 Å². The van der Waals surface area contributed by atoms with Gasteiger partial charge in [-0.25, -0.2) is 4.98 Å².